The average Bonchev–Trinajstić information content (AvgIpc) is 2.65. The molecule has 15 heavy (non-hydrogen) atoms. The molecule has 0 atom stereocenters. The molecule has 0 saturated heterocycles. The molecule has 0 aliphatic carbocycles. The number of halogens is 2. The lowest BCUT2D eigenvalue weighted by atomic mass is 10.2. The van der Waals surface area contributed by atoms with Gasteiger partial charge in [-0.3, -0.25) is 0 Å². The van der Waals surface area contributed by atoms with E-state index in [2.05, 4.69) is 10.3 Å². The fourth-order valence-electron chi connectivity index (χ4n) is 1.33. The summed E-state index contributed by atoms with van der Waals surface area (Å²) in [5.74, 6) is -0.0767. The van der Waals surface area contributed by atoms with Gasteiger partial charge in [0.25, 0.3) is 0 Å². The highest BCUT2D eigenvalue weighted by Crippen LogP contribution is 2.16. The Hall–Kier alpha value is -1.42. The van der Waals surface area contributed by atoms with Crippen LogP contribution in [0.1, 0.15) is 11.3 Å². The smallest absolute Gasteiger partial charge is 0.149 e. The Labute approximate surface area is 91.5 Å². The average molecular weight is 226 g/mol. The summed E-state index contributed by atoms with van der Waals surface area (Å²) in [6, 6.07) is 4.93. The van der Waals surface area contributed by atoms with E-state index in [1.807, 2.05) is 13.0 Å². The van der Waals surface area contributed by atoms with Crippen molar-refractivity contribution in [2.24, 2.45) is 0 Å². The third-order valence-electron chi connectivity index (χ3n) is 2.09. The van der Waals surface area contributed by atoms with Crippen LogP contribution in [0.25, 0.3) is 5.69 Å². The van der Waals surface area contributed by atoms with Crippen molar-refractivity contribution >= 4 is 11.6 Å². The van der Waals surface area contributed by atoms with Crippen molar-refractivity contribution in [3.8, 4) is 5.69 Å². The molecule has 2 aromatic rings. The van der Waals surface area contributed by atoms with E-state index in [9.17, 15) is 4.39 Å². The predicted molar refractivity (Wildman–Crippen MR) is 55.6 cm³/mol. The minimum atomic E-state index is -0.327. The summed E-state index contributed by atoms with van der Waals surface area (Å²) >= 11 is 5.68. The number of hydrogen-bond donors (Lipinski definition) is 0. The molecule has 0 N–H and O–H groups in total. The molecule has 5 heteroatoms. The molecule has 0 aliphatic heterocycles. The normalized spacial score (nSPS) is 10.6. The Bertz CT molecular complexity index is 481. The Morgan fingerprint density at radius 1 is 1.47 bits per heavy atom. The Balaban J connectivity index is 2.54. The van der Waals surface area contributed by atoms with Gasteiger partial charge in [0.05, 0.1) is 17.8 Å². The first-order valence-electron chi connectivity index (χ1n) is 4.44. The van der Waals surface area contributed by atoms with E-state index in [0.717, 1.165) is 5.56 Å². The summed E-state index contributed by atoms with van der Waals surface area (Å²) in [4.78, 5) is 0. The second-order valence-electron chi connectivity index (χ2n) is 3.23. The van der Waals surface area contributed by atoms with Gasteiger partial charge >= 0.3 is 0 Å². The number of nitrogens with zero attached hydrogens (tertiary/aromatic N) is 3. The number of aryl methyl sites for hydroxylation is 1. The summed E-state index contributed by atoms with van der Waals surface area (Å²) in [6.07, 6.45) is 1.52. The monoisotopic (exact) mass is 225 g/mol. The summed E-state index contributed by atoms with van der Waals surface area (Å²) in [5, 5.41) is 7.48. The van der Waals surface area contributed by atoms with Crippen LogP contribution in [0.2, 0.25) is 0 Å². The van der Waals surface area contributed by atoms with Crippen LogP contribution in [0.15, 0.2) is 24.4 Å². The first-order chi connectivity index (χ1) is 7.22. The maximum absolute atomic E-state index is 13.6. The van der Waals surface area contributed by atoms with E-state index in [1.165, 1.54) is 16.9 Å². The molecule has 0 radical (unpaired) electrons. The molecule has 1 heterocycles. The lowest BCUT2D eigenvalue weighted by Gasteiger charge is -2.05. The predicted octanol–water partition coefficient (Wildman–Crippen LogP) is 2.45. The standard InChI is InChI=1S/C10H9ClFN3/c1-7-2-3-10(9(12)4-7)15-8(5-11)6-13-14-15/h2-4,6H,5H2,1H3. The van der Waals surface area contributed by atoms with Crippen molar-refractivity contribution in [3.63, 3.8) is 0 Å². The van der Waals surface area contributed by atoms with Crippen LogP contribution in [0, 0.1) is 12.7 Å². The van der Waals surface area contributed by atoms with Crippen LogP contribution in [0.3, 0.4) is 0 Å². The molecular formula is C10H9ClFN3. The zero-order valence-corrected chi connectivity index (χ0v) is 8.87. The molecule has 1 aromatic carbocycles. The second kappa shape index (κ2) is 3.98. The maximum atomic E-state index is 13.6. The minimum Gasteiger partial charge on any atom is -0.213 e. The van der Waals surface area contributed by atoms with Crippen molar-refractivity contribution in [3.05, 3.63) is 41.5 Å². The summed E-state index contributed by atoms with van der Waals surface area (Å²) < 4.78 is 15.0. The molecule has 0 aliphatic rings. The zero-order chi connectivity index (χ0) is 10.8. The van der Waals surface area contributed by atoms with E-state index in [0.29, 0.717) is 11.4 Å². The molecule has 0 fully saturated rings. The fourth-order valence-corrected chi connectivity index (χ4v) is 1.52. The first kappa shape index (κ1) is 10.1. The Morgan fingerprint density at radius 2 is 2.27 bits per heavy atom. The third kappa shape index (κ3) is 1.85. The van der Waals surface area contributed by atoms with E-state index < -0.39 is 0 Å². The van der Waals surface area contributed by atoms with E-state index in [-0.39, 0.29) is 11.7 Å². The number of rotatable bonds is 2. The molecule has 2 rings (SSSR count). The van der Waals surface area contributed by atoms with E-state index in [4.69, 9.17) is 11.6 Å². The van der Waals surface area contributed by atoms with Crippen LogP contribution < -0.4 is 0 Å². The second-order valence-corrected chi connectivity index (χ2v) is 3.49. The molecule has 0 unspecified atom stereocenters. The van der Waals surface area contributed by atoms with E-state index >= 15 is 0 Å². The van der Waals surface area contributed by atoms with Gasteiger partial charge < -0.3 is 0 Å². The topological polar surface area (TPSA) is 30.7 Å². The Kier molecular flexibility index (Phi) is 2.68. The molecule has 0 spiro atoms. The minimum absolute atomic E-state index is 0.250. The first-order valence-corrected chi connectivity index (χ1v) is 4.98. The summed E-state index contributed by atoms with van der Waals surface area (Å²) in [5.41, 5.74) is 1.90. The van der Waals surface area contributed by atoms with Gasteiger partial charge in [-0.1, -0.05) is 11.3 Å². The van der Waals surface area contributed by atoms with Crippen molar-refractivity contribution < 1.29 is 4.39 Å². The van der Waals surface area contributed by atoms with E-state index in [1.54, 1.807) is 6.07 Å². The quantitative estimate of drug-likeness (QED) is 0.735. The van der Waals surface area contributed by atoms with Gasteiger partial charge in [0.2, 0.25) is 0 Å². The van der Waals surface area contributed by atoms with Gasteiger partial charge in [0, 0.05) is 0 Å². The maximum Gasteiger partial charge on any atom is 0.149 e. The molecule has 0 saturated carbocycles. The van der Waals surface area contributed by atoms with Crippen LogP contribution >= 0.6 is 11.6 Å². The van der Waals surface area contributed by atoms with Gasteiger partial charge in [-0.2, -0.15) is 0 Å². The van der Waals surface area contributed by atoms with Crippen LogP contribution in [0.5, 0.6) is 0 Å². The number of aromatic nitrogens is 3. The summed E-state index contributed by atoms with van der Waals surface area (Å²) in [6.45, 7) is 1.83. The van der Waals surface area contributed by atoms with Crippen LogP contribution in [-0.4, -0.2) is 15.0 Å². The number of benzene rings is 1. The fraction of sp³-hybridized carbons (Fsp3) is 0.200. The highest BCUT2D eigenvalue weighted by molar-refractivity contribution is 6.16. The third-order valence-corrected chi connectivity index (χ3v) is 2.36. The number of alkyl halides is 1. The lowest BCUT2D eigenvalue weighted by Crippen LogP contribution is -2.03. The van der Waals surface area contributed by atoms with Crippen molar-refractivity contribution in [1.82, 2.24) is 15.0 Å². The largest absolute Gasteiger partial charge is 0.213 e. The van der Waals surface area contributed by atoms with Crippen LogP contribution in [-0.2, 0) is 5.88 Å². The molecule has 78 valence electrons. The van der Waals surface area contributed by atoms with Crippen molar-refractivity contribution in [2.45, 2.75) is 12.8 Å². The molecule has 0 bridgehead atoms. The SMILES string of the molecule is Cc1ccc(-n2nncc2CCl)c(F)c1. The van der Waals surface area contributed by atoms with Gasteiger partial charge in [0.15, 0.2) is 0 Å². The highest BCUT2D eigenvalue weighted by Gasteiger charge is 2.09. The Morgan fingerprint density at radius 3 is 2.93 bits per heavy atom. The van der Waals surface area contributed by atoms with Gasteiger partial charge in [-0.25, -0.2) is 9.07 Å². The van der Waals surface area contributed by atoms with Crippen molar-refractivity contribution in [1.29, 1.82) is 0 Å². The van der Waals surface area contributed by atoms with Gasteiger partial charge in [0.1, 0.15) is 11.5 Å². The zero-order valence-electron chi connectivity index (χ0n) is 8.11. The lowest BCUT2D eigenvalue weighted by molar-refractivity contribution is 0.603. The molecule has 3 nitrogen and oxygen atoms in total. The summed E-state index contributed by atoms with van der Waals surface area (Å²) in [7, 11) is 0. The van der Waals surface area contributed by atoms with Gasteiger partial charge in [-0.15, -0.1) is 16.7 Å². The van der Waals surface area contributed by atoms with Gasteiger partial charge in [-0.05, 0) is 24.6 Å². The highest BCUT2D eigenvalue weighted by atomic mass is 35.5. The molecule has 0 amide bonds. The number of hydrogen-bond acceptors (Lipinski definition) is 2. The van der Waals surface area contributed by atoms with Crippen LogP contribution in [0.4, 0.5) is 4.39 Å². The molecule has 1 aromatic heterocycles. The molecular weight excluding hydrogens is 217 g/mol. The van der Waals surface area contributed by atoms with Crippen molar-refractivity contribution in [2.75, 3.05) is 0 Å².